The number of para-hydroxylation sites is 6. The second kappa shape index (κ2) is 16.6. The maximum atomic E-state index is 5.25. The quantitative estimate of drug-likeness (QED) is 0.160. The molecule has 16 aromatic rings. The molecule has 7 nitrogen and oxygen atoms in total. The van der Waals surface area contributed by atoms with E-state index >= 15 is 0 Å². The van der Waals surface area contributed by atoms with Crippen LogP contribution >= 0.6 is 0 Å². The van der Waals surface area contributed by atoms with E-state index in [1.165, 1.54) is 48.7 Å². The van der Waals surface area contributed by atoms with Gasteiger partial charge in [-0.15, -0.1) is 0 Å². The summed E-state index contributed by atoms with van der Waals surface area (Å²) >= 11 is 0. The Morgan fingerprint density at radius 2 is 0.539 bits per heavy atom. The second-order valence-electron chi connectivity index (χ2n) is 19.6. The Balaban J connectivity index is 0.964. The summed E-state index contributed by atoms with van der Waals surface area (Å²) in [6.45, 7) is 0. The Kier molecular flexibility index (Phi) is 9.20. The zero-order chi connectivity index (χ0) is 49.8. The third-order valence-corrected chi connectivity index (χ3v) is 15.4. The minimum Gasteiger partial charge on any atom is -0.309 e. The van der Waals surface area contributed by atoms with Crippen molar-refractivity contribution in [2.45, 2.75) is 0 Å². The van der Waals surface area contributed by atoms with E-state index in [9.17, 15) is 0 Å². The van der Waals surface area contributed by atoms with Crippen LogP contribution in [0, 0.1) is 0 Å². The van der Waals surface area contributed by atoms with Gasteiger partial charge < -0.3 is 18.3 Å². The van der Waals surface area contributed by atoms with Crippen molar-refractivity contribution < 1.29 is 0 Å². The molecule has 0 saturated carbocycles. The molecule has 16 rings (SSSR count). The molecule has 7 heteroatoms. The molecule has 354 valence electrons. The lowest BCUT2D eigenvalue weighted by atomic mass is 10.1. The van der Waals surface area contributed by atoms with Gasteiger partial charge in [0.05, 0.1) is 55.5 Å². The average Bonchev–Trinajstić information content (AvgIpc) is 4.24. The summed E-state index contributed by atoms with van der Waals surface area (Å²) in [5.74, 6) is 1.83. The zero-order valence-electron chi connectivity index (χ0n) is 41.0. The van der Waals surface area contributed by atoms with E-state index in [1.807, 2.05) is 36.4 Å². The number of fused-ring (bicyclic) bond motifs is 12. The van der Waals surface area contributed by atoms with E-state index in [4.69, 9.17) is 15.0 Å². The first kappa shape index (κ1) is 42.2. The highest BCUT2D eigenvalue weighted by Gasteiger charge is 2.23. The molecule has 0 N–H and O–H groups in total. The van der Waals surface area contributed by atoms with Gasteiger partial charge in [0.1, 0.15) is 0 Å². The van der Waals surface area contributed by atoms with Crippen LogP contribution in [0.15, 0.2) is 261 Å². The predicted molar refractivity (Wildman–Crippen MR) is 313 cm³/mol. The van der Waals surface area contributed by atoms with Crippen molar-refractivity contribution in [2.75, 3.05) is 0 Å². The Hall–Kier alpha value is -10.4. The van der Waals surface area contributed by atoms with E-state index in [0.29, 0.717) is 17.5 Å². The number of rotatable bonds is 7. The van der Waals surface area contributed by atoms with Gasteiger partial charge in [-0.25, -0.2) is 15.0 Å². The largest absolute Gasteiger partial charge is 0.309 e. The van der Waals surface area contributed by atoms with Crippen molar-refractivity contribution in [1.82, 2.24) is 33.2 Å². The summed E-state index contributed by atoms with van der Waals surface area (Å²) in [6, 6.07) is 93.6. The molecule has 11 aromatic carbocycles. The lowest BCUT2D eigenvalue weighted by Gasteiger charge is -2.19. The second-order valence-corrected chi connectivity index (χ2v) is 19.6. The third-order valence-electron chi connectivity index (χ3n) is 15.4. The van der Waals surface area contributed by atoms with Gasteiger partial charge in [-0.1, -0.05) is 176 Å². The lowest BCUT2D eigenvalue weighted by molar-refractivity contribution is 1.06. The maximum Gasteiger partial charge on any atom is 0.164 e. The minimum absolute atomic E-state index is 0.592. The van der Waals surface area contributed by atoms with Crippen molar-refractivity contribution in [2.24, 2.45) is 0 Å². The molecule has 0 aliphatic carbocycles. The molecule has 0 bridgehead atoms. The third kappa shape index (κ3) is 6.33. The first-order valence-corrected chi connectivity index (χ1v) is 25.8. The molecular formula is C69H43N7. The fourth-order valence-corrected chi connectivity index (χ4v) is 12.1. The van der Waals surface area contributed by atoms with Crippen LogP contribution in [0.25, 0.3) is 144 Å². The molecule has 0 unspecified atom stereocenters. The SMILES string of the molecule is c1ccc(-c2nc(-c3ccccc3)nc(-c3ccc(-n4c5ccccc5c5ccccc54)c(-n4c5ccccc5c5ccc(-n6c7ccccc7c7cc(-n8c9ccccc9c9ccccc98)ccc76)cc54)c3)n2)cc1. The van der Waals surface area contributed by atoms with Gasteiger partial charge in [-0.2, -0.15) is 0 Å². The van der Waals surface area contributed by atoms with Crippen LogP contribution in [0.5, 0.6) is 0 Å². The van der Waals surface area contributed by atoms with Gasteiger partial charge >= 0.3 is 0 Å². The molecule has 5 aromatic heterocycles. The van der Waals surface area contributed by atoms with Crippen LogP contribution in [0.2, 0.25) is 0 Å². The van der Waals surface area contributed by atoms with E-state index in [-0.39, 0.29) is 0 Å². The number of nitrogens with zero attached hydrogens (tertiary/aromatic N) is 7. The first-order chi connectivity index (χ1) is 37.7. The minimum atomic E-state index is 0.592. The summed E-state index contributed by atoms with van der Waals surface area (Å²) in [5.41, 5.74) is 16.0. The Bertz CT molecular complexity index is 4830. The van der Waals surface area contributed by atoms with Crippen molar-refractivity contribution in [3.63, 3.8) is 0 Å². The van der Waals surface area contributed by atoms with E-state index in [1.54, 1.807) is 0 Å². The number of hydrogen-bond acceptors (Lipinski definition) is 3. The highest BCUT2D eigenvalue weighted by Crippen LogP contribution is 2.42. The summed E-state index contributed by atoms with van der Waals surface area (Å²) in [7, 11) is 0. The van der Waals surface area contributed by atoms with Gasteiger partial charge in [0, 0.05) is 71.2 Å². The Morgan fingerprint density at radius 3 is 1.01 bits per heavy atom. The van der Waals surface area contributed by atoms with Crippen LogP contribution in [0.3, 0.4) is 0 Å². The molecule has 0 aliphatic heterocycles. The van der Waals surface area contributed by atoms with E-state index in [0.717, 1.165) is 77.9 Å². The summed E-state index contributed by atoms with van der Waals surface area (Å²) in [6.07, 6.45) is 0. The Morgan fingerprint density at radius 1 is 0.197 bits per heavy atom. The molecule has 0 fully saturated rings. The highest BCUT2D eigenvalue weighted by molar-refractivity contribution is 6.15. The zero-order valence-corrected chi connectivity index (χ0v) is 41.0. The average molecular weight is 970 g/mol. The number of benzene rings is 11. The van der Waals surface area contributed by atoms with Crippen molar-refractivity contribution in [3.8, 4) is 56.9 Å². The van der Waals surface area contributed by atoms with Gasteiger partial charge in [0.25, 0.3) is 0 Å². The summed E-state index contributed by atoms with van der Waals surface area (Å²) < 4.78 is 9.73. The predicted octanol–water partition coefficient (Wildman–Crippen LogP) is 17.3. The van der Waals surface area contributed by atoms with Crippen molar-refractivity contribution in [1.29, 1.82) is 0 Å². The van der Waals surface area contributed by atoms with E-state index < -0.39 is 0 Å². The molecule has 0 aliphatic rings. The topological polar surface area (TPSA) is 58.4 Å². The van der Waals surface area contributed by atoms with E-state index in [2.05, 4.69) is 243 Å². The standard InChI is InChI=1S/C69H43N7/c1-3-19-44(20-4-1)67-70-68(45-21-5-2-6-22-45)72-69(71-67)46-35-39-64(75-60-32-16-9-25-51(60)52-26-10-17-33-61(52)75)66(41-46)76-62-34-18-11-27-53(62)55-38-36-48(43-65(55)76)74-59-31-15-12-28-54(59)56-42-47(37-40-63(56)74)73-57-29-13-7-23-49(57)50-24-8-14-30-58(50)73/h1-43H. The molecular weight excluding hydrogens is 927 g/mol. The molecule has 0 spiro atoms. The molecule has 0 saturated heterocycles. The molecule has 0 atom stereocenters. The van der Waals surface area contributed by atoms with Gasteiger partial charge in [-0.05, 0) is 84.9 Å². The summed E-state index contributed by atoms with van der Waals surface area (Å²) in [4.78, 5) is 15.6. The number of hydrogen-bond donors (Lipinski definition) is 0. The molecule has 5 heterocycles. The molecule has 0 amide bonds. The molecule has 76 heavy (non-hydrogen) atoms. The Labute approximate surface area is 436 Å². The van der Waals surface area contributed by atoms with Crippen LogP contribution < -0.4 is 0 Å². The highest BCUT2D eigenvalue weighted by atomic mass is 15.1. The van der Waals surface area contributed by atoms with Gasteiger partial charge in [0.15, 0.2) is 17.5 Å². The monoisotopic (exact) mass is 969 g/mol. The van der Waals surface area contributed by atoms with Crippen LogP contribution in [0.4, 0.5) is 0 Å². The summed E-state index contributed by atoms with van der Waals surface area (Å²) in [5, 5.41) is 9.61. The van der Waals surface area contributed by atoms with Crippen LogP contribution in [0.1, 0.15) is 0 Å². The molecule has 0 radical (unpaired) electrons. The normalized spacial score (nSPS) is 11.9. The van der Waals surface area contributed by atoms with Gasteiger partial charge in [0.2, 0.25) is 0 Å². The van der Waals surface area contributed by atoms with Crippen LogP contribution in [-0.4, -0.2) is 33.2 Å². The maximum absolute atomic E-state index is 5.25. The lowest BCUT2D eigenvalue weighted by Crippen LogP contribution is -2.05. The number of aromatic nitrogens is 7. The van der Waals surface area contributed by atoms with Gasteiger partial charge in [-0.3, -0.25) is 0 Å². The first-order valence-electron chi connectivity index (χ1n) is 25.8. The van der Waals surface area contributed by atoms with Crippen molar-refractivity contribution in [3.05, 3.63) is 261 Å². The fourth-order valence-electron chi connectivity index (χ4n) is 12.1. The smallest absolute Gasteiger partial charge is 0.164 e. The fraction of sp³-hybridized carbons (Fsp3) is 0. The van der Waals surface area contributed by atoms with Crippen molar-refractivity contribution >= 4 is 87.2 Å². The van der Waals surface area contributed by atoms with Crippen LogP contribution in [-0.2, 0) is 0 Å².